The zero-order valence-electron chi connectivity index (χ0n) is 10.2. The molecule has 100 valence electrons. The van der Waals surface area contributed by atoms with E-state index in [1.807, 2.05) is 0 Å². The Morgan fingerprint density at radius 3 is 2.63 bits per heavy atom. The average molecular weight is 284 g/mol. The monoisotopic (exact) mass is 283 g/mol. The smallest absolute Gasteiger partial charge is 0.424 e. The number of ether oxygens (including phenoxy) is 2. The molecule has 1 aliphatic heterocycles. The Labute approximate surface area is 113 Å². The molecule has 1 aromatic carbocycles. The van der Waals surface area contributed by atoms with Gasteiger partial charge in [0.2, 0.25) is 12.0 Å². The van der Waals surface area contributed by atoms with Gasteiger partial charge in [0.1, 0.15) is 5.75 Å². The Morgan fingerprint density at radius 2 is 2.11 bits per heavy atom. The maximum atomic E-state index is 12.0. The Bertz CT molecular complexity index is 571. The van der Waals surface area contributed by atoms with E-state index < -0.39 is 24.0 Å². The van der Waals surface area contributed by atoms with Crippen LogP contribution >= 0.6 is 11.6 Å². The lowest BCUT2D eigenvalue weighted by Crippen LogP contribution is -2.33. The van der Waals surface area contributed by atoms with Gasteiger partial charge in [0.25, 0.3) is 5.91 Å². The molecular weight excluding hydrogens is 274 g/mol. The van der Waals surface area contributed by atoms with Crippen LogP contribution < -0.4 is 4.74 Å². The summed E-state index contributed by atoms with van der Waals surface area (Å²) in [5.41, 5.74) is 0.303. The molecule has 0 radical (unpaired) electrons. The Balaban J connectivity index is 2.44. The summed E-state index contributed by atoms with van der Waals surface area (Å²) in [7, 11) is 1.41. The Morgan fingerprint density at radius 1 is 1.42 bits per heavy atom. The molecule has 0 aliphatic carbocycles. The number of methoxy groups -OCH3 is 1. The number of benzene rings is 1. The van der Waals surface area contributed by atoms with Crippen LogP contribution in [0.2, 0.25) is 5.02 Å². The minimum Gasteiger partial charge on any atom is -0.496 e. The lowest BCUT2D eigenvalue weighted by atomic mass is 10.1. The van der Waals surface area contributed by atoms with E-state index in [-0.39, 0.29) is 0 Å². The summed E-state index contributed by atoms with van der Waals surface area (Å²) in [6.07, 6.45) is -2.21. The van der Waals surface area contributed by atoms with Crippen molar-refractivity contribution in [1.29, 1.82) is 0 Å². The minimum atomic E-state index is -1.22. The van der Waals surface area contributed by atoms with Crippen LogP contribution in [0.1, 0.15) is 18.6 Å². The van der Waals surface area contributed by atoms with E-state index in [1.165, 1.54) is 13.2 Å². The van der Waals surface area contributed by atoms with Crippen LogP contribution in [-0.2, 0) is 14.3 Å². The molecular formula is C12H10ClNO5. The van der Waals surface area contributed by atoms with Crippen LogP contribution in [0.5, 0.6) is 5.75 Å². The highest BCUT2D eigenvalue weighted by atomic mass is 35.5. The summed E-state index contributed by atoms with van der Waals surface area (Å²) < 4.78 is 10.00. The molecule has 2 rings (SSSR count). The van der Waals surface area contributed by atoms with Gasteiger partial charge >= 0.3 is 6.09 Å². The second-order valence-corrected chi connectivity index (χ2v) is 4.28. The molecule has 1 fully saturated rings. The largest absolute Gasteiger partial charge is 0.496 e. The number of rotatable bonds is 2. The molecule has 0 spiro atoms. The quantitative estimate of drug-likeness (QED) is 0.829. The average Bonchev–Trinajstić information content (AvgIpc) is 2.64. The van der Waals surface area contributed by atoms with E-state index in [0.29, 0.717) is 21.2 Å². The predicted octanol–water partition coefficient (Wildman–Crippen LogP) is 1.91. The van der Waals surface area contributed by atoms with Crippen LogP contribution in [0.25, 0.3) is 0 Å². The second kappa shape index (κ2) is 4.89. The number of carbonyl (C=O) groups excluding carboxylic acids is 3. The Kier molecular flexibility index (Phi) is 3.44. The fourth-order valence-corrected chi connectivity index (χ4v) is 1.98. The third-order valence-corrected chi connectivity index (χ3v) is 2.87. The van der Waals surface area contributed by atoms with Gasteiger partial charge in [-0.15, -0.1) is 0 Å². The molecule has 1 saturated heterocycles. The van der Waals surface area contributed by atoms with Crippen molar-refractivity contribution in [1.82, 2.24) is 4.90 Å². The van der Waals surface area contributed by atoms with Gasteiger partial charge in [-0.05, 0) is 18.2 Å². The normalized spacial score (nSPS) is 18.5. The van der Waals surface area contributed by atoms with Crippen molar-refractivity contribution in [3.05, 3.63) is 28.8 Å². The predicted molar refractivity (Wildman–Crippen MR) is 64.8 cm³/mol. The van der Waals surface area contributed by atoms with Crippen LogP contribution in [0.4, 0.5) is 4.79 Å². The summed E-state index contributed by atoms with van der Waals surface area (Å²) in [6, 6.07) is 4.59. The molecule has 1 heterocycles. The number of nitrogens with zero attached hydrogens (tertiary/aromatic N) is 1. The van der Waals surface area contributed by atoms with E-state index in [2.05, 4.69) is 0 Å². The fraction of sp³-hybridized carbons (Fsp3) is 0.250. The summed E-state index contributed by atoms with van der Waals surface area (Å²) in [4.78, 5) is 35.1. The highest BCUT2D eigenvalue weighted by Crippen LogP contribution is 2.35. The molecule has 19 heavy (non-hydrogen) atoms. The van der Waals surface area contributed by atoms with Gasteiger partial charge in [-0.25, -0.2) is 4.79 Å². The van der Waals surface area contributed by atoms with Gasteiger partial charge in [-0.3, -0.25) is 9.59 Å². The second-order valence-electron chi connectivity index (χ2n) is 3.84. The van der Waals surface area contributed by atoms with Crippen LogP contribution in [0.3, 0.4) is 0 Å². The van der Waals surface area contributed by atoms with Crippen LogP contribution in [0, 0.1) is 0 Å². The first-order valence-electron chi connectivity index (χ1n) is 5.34. The van der Waals surface area contributed by atoms with Crippen molar-refractivity contribution in [2.45, 2.75) is 13.0 Å². The molecule has 0 aromatic heterocycles. The molecule has 0 bridgehead atoms. The third kappa shape index (κ3) is 2.26. The number of amides is 3. The first kappa shape index (κ1) is 13.4. The highest BCUT2D eigenvalue weighted by Gasteiger charge is 2.45. The number of carbonyl (C=O) groups is 3. The molecule has 7 heteroatoms. The van der Waals surface area contributed by atoms with Gasteiger partial charge in [0, 0.05) is 17.5 Å². The molecule has 1 unspecified atom stereocenters. The molecule has 1 atom stereocenters. The maximum Gasteiger partial charge on any atom is 0.424 e. The van der Waals surface area contributed by atoms with Gasteiger partial charge in [-0.2, -0.15) is 4.90 Å². The minimum absolute atomic E-state index is 0.303. The molecule has 0 N–H and O–H groups in total. The number of imide groups is 3. The highest BCUT2D eigenvalue weighted by molar-refractivity contribution is 6.30. The van der Waals surface area contributed by atoms with E-state index in [1.54, 1.807) is 12.1 Å². The van der Waals surface area contributed by atoms with Crippen molar-refractivity contribution >= 4 is 29.5 Å². The van der Waals surface area contributed by atoms with Crippen molar-refractivity contribution in [2.75, 3.05) is 7.11 Å². The summed E-state index contributed by atoms with van der Waals surface area (Å²) in [5.74, 6) is -1.10. The molecule has 3 amide bonds. The van der Waals surface area contributed by atoms with Crippen molar-refractivity contribution in [3.8, 4) is 5.75 Å². The van der Waals surface area contributed by atoms with Gasteiger partial charge < -0.3 is 9.47 Å². The van der Waals surface area contributed by atoms with Gasteiger partial charge in [-0.1, -0.05) is 11.6 Å². The van der Waals surface area contributed by atoms with E-state index >= 15 is 0 Å². The maximum absolute atomic E-state index is 12.0. The van der Waals surface area contributed by atoms with Crippen LogP contribution in [-0.4, -0.2) is 29.9 Å². The summed E-state index contributed by atoms with van der Waals surface area (Å²) in [5, 5.41) is 0.362. The zero-order chi connectivity index (χ0) is 14.2. The standard InChI is InChI=1S/C12H10ClNO5/c1-6(15)14-11(16)10(19-12(14)17)8-5-7(13)3-4-9(8)18-2/h3-5,10H,1-2H3. The molecule has 6 nitrogen and oxygen atoms in total. The zero-order valence-corrected chi connectivity index (χ0v) is 10.9. The first-order chi connectivity index (χ1) is 8.95. The lowest BCUT2D eigenvalue weighted by Gasteiger charge is -2.12. The van der Waals surface area contributed by atoms with E-state index in [4.69, 9.17) is 21.1 Å². The Hall–Kier alpha value is -2.08. The SMILES string of the molecule is COc1ccc(Cl)cc1C1OC(=O)N(C(C)=O)C1=O. The number of hydrogen-bond donors (Lipinski definition) is 0. The topological polar surface area (TPSA) is 72.9 Å². The van der Waals surface area contributed by atoms with Crippen molar-refractivity contribution < 1.29 is 23.9 Å². The lowest BCUT2D eigenvalue weighted by molar-refractivity contribution is -0.139. The number of cyclic esters (lactones) is 1. The van der Waals surface area contributed by atoms with Crippen molar-refractivity contribution in [3.63, 3.8) is 0 Å². The summed E-state index contributed by atoms with van der Waals surface area (Å²) in [6.45, 7) is 1.11. The van der Waals surface area contributed by atoms with Gasteiger partial charge in [0.05, 0.1) is 7.11 Å². The number of halogens is 1. The molecule has 1 aromatic rings. The van der Waals surface area contributed by atoms with E-state index in [0.717, 1.165) is 6.92 Å². The van der Waals surface area contributed by atoms with Crippen molar-refractivity contribution in [2.24, 2.45) is 0 Å². The van der Waals surface area contributed by atoms with E-state index in [9.17, 15) is 14.4 Å². The molecule has 1 aliphatic rings. The fourth-order valence-electron chi connectivity index (χ4n) is 1.80. The third-order valence-electron chi connectivity index (χ3n) is 2.64. The number of hydrogen-bond acceptors (Lipinski definition) is 5. The first-order valence-corrected chi connectivity index (χ1v) is 5.72. The van der Waals surface area contributed by atoms with Crippen LogP contribution in [0.15, 0.2) is 18.2 Å². The van der Waals surface area contributed by atoms with Gasteiger partial charge in [0.15, 0.2) is 0 Å². The molecule has 0 saturated carbocycles. The summed E-state index contributed by atoms with van der Waals surface area (Å²) >= 11 is 5.85.